The van der Waals surface area contributed by atoms with Crippen LogP contribution in [0.5, 0.6) is 0 Å². The molecule has 23 heavy (non-hydrogen) atoms. The number of fused-ring (bicyclic) bond motifs is 1. The molecule has 0 saturated carbocycles. The molecule has 3 rings (SSSR count). The minimum Gasteiger partial charge on any atom is -0.480 e. The molecule has 8 heteroatoms. The molecule has 1 N–H and O–H groups in total. The maximum Gasteiger partial charge on any atom is 0.326 e. The van der Waals surface area contributed by atoms with E-state index in [-0.39, 0.29) is 5.91 Å². The Morgan fingerprint density at radius 3 is 2.74 bits per heavy atom. The second kappa shape index (κ2) is 6.45. The van der Waals surface area contributed by atoms with Crippen LogP contribution in [0.25, 0.3) is 9.53 Å². The van der Waals surface area contributed by atoms with Crippen molar-refractivity contribution in [2.45, 2.75) is 32.7 Å². The second-order valence-electron chi connectivity index (χ2n) is 5.44. The Balaban J connectivity index is 1.85. The van der Waals surface area contributed by atoms with E-state index in [9.17, 15) is 14.7 Å². The number of hydrogen-bond donors (Lipinski definition) is 1. The summed E-state index contributed by atoms with van der Waals surface area (Å²) in [5.74, 6) is -1.11. The summed E-state index contributed by atoms with van der Waals surface area (Å²) in [5, 5.41) is 10.2. The van der Waals surface area contributed by atoms with Crippen molar-refractivity contribution in [2.75, 3.05) is 24.5 Å². The van der Waals surface area contributed by atoms with Gasteiger partial charge in [0, 0.05) is 19.6 Å². The molecular weight excluding hydrogens is 334 g/mol. The quantitative estimate of drug-likeness (QED) is 0.895. The number of rotatable bonds is 5. The zero-order valence-corrected chi connectivity index (χ0v) is 14.7. The number of hydrogen-bond acceptors (Lipinski definition) is 6. The minimum absolute atomic E-state index is 0.186. The number of nitrogens with zero attached hydrogens (tertiary/aromatic N) is 3. The third-order valence-corrected chi connectivity index (χ3v) is 6.33. The summed E-state index contributed by atoms with van der Waals surface area (Å²) in [7, 11) is 0. The van der Waals surface area contributed by atoms with Gasteiger partial charge < -0.3 is 14.9 Å². The third-order valence-electron chi connectivity index (χ3n) is 4.12. The molecular formula is C15H19N3O3S2. The fourth-order valence-electron chi connectivity index (χ4n) is 2.87. The van der Waals surface area contributed by atoms with Crippen molar-refractivity contribution in [3.05, 3.63) is 10.9 Å². The largest absolute Gasteiger partial charge is 0.480 e. The Hall–Kier alpha value is -1.67. The van der Waals surface area contributed by atoms with E-state index in [0.717, 1.165) is 34.2 Å². The average molecular weight is 353 g/mol. The number of likely N-dealkylation sites (tertiary alicyclic amines) is 1. The summed E-state index contributed by atoms with van der Waals surface area (Å²) in [4.78, 5) is 33.6. The van der Waals surface area contributed by atoms with Crippen molar-refractivity contribution in [3.8, 4) is 0 Å². The predicted molar refractivity (Wildman–Crippen MR) is 92.8 cm³/mol. The molecule has 1 saturated heterocycles. The van der Waals surface area contributed by atoms with Crippen molar-refractivity contribution in [3.63, 3.8) is 0 Å². The lowest BCUT2D eigenvalue weighted by molar-refractivity contribution is -0.141. The standard InChI is InChI=1S/C15H19N3O3S2/c1-3-17(4-2)15-16-12-10(23-15)8-11(22-12)13(19)18-7-5-6-9(18)14(20)21/h8-9H,3-7H2,1-2H3,(H,20,21). The van der Waals surface area contributed by atoms with Crippen LogP contribution in [0, 0.1) is 0 Å². The normalized spacial score (nSPS) is 17.8. The first-order chi connectivity index (χ1) is 11.0. The summed E-state index contributed by atoms with van der Waals surface area (Å²) in [6.45, 7) is 6.49. The topological polar surface area (TPSA) is 73.7 Å². The van der Waals surface area contributed by atoms with E-state index >= 15 is 0 Å². The van der Waals surface area contributed by atoms with E-state index in [1.165, 1.54) is 16.2 Å². The van der Waals surface area contributed by atoms with Crippen LogP contribution in [0.4, 0.5) is 5.13 Å². The van der Waals surface area contributed by atoms with Gasteiger partial charge in [-0.25, -0.2) is 9.78 Å². The van der Waals surface area contributed by atoms with Gasteiger partial charge in [0.1, 0.15) is 10.9 Å². The van der Waals surface area contributed by atoms with Gasteiger partial charge in [-0.2, -0.15) is 0 Å². The third kappa shape index (κ3) is 2.92. The highest BCUT2D eigenvalue weighted by Gasteiger charge is 2.35. The van der Waals surface area contributed by atoms with E-state index < -0.39 is 12.0 Å². The lowest BCUT2D eigenvalue weighted by Crippen LogP contribution is -2.40. The molecule has 0 aliphatic carbocycles. The SMILES string of the molecule is CCN(CC)c1nc2sc(C(=O)N3CCCC3C(=O)O)cc2s1. The van der Waals surface area contributed by atoms with Crippen molar-refractivity contribution in [2.24, 2.45) is 0 Å². The van der Waals surface area contributed by atoms with Gasteiger partial charge >= 0.3 is 5.97 Å². The maximum atomic E-state index is 12.6. The molecule has 1 aliphatic rings. The van der Waals surface area contributed by atoms with E-state index in [4.69, 9.17) is 0 Å². The number of carboxylic acids is 1. The lowest BCUT2D eigenvalue weighted by atomic mass is 10.2. The smallest absolute Gasteiger partial charge is 0.326 e. The zero-order valence-electron chi connectivity index (χ0n) is 13.1. The summed E-state index contributed by atoms with van der Waals surface area (Å²) in [6.07, 6.45) is 1.28. The van der Waals surface area contributed by atoms with Gasteiger partial charge in [-0.15, -0.1) is 11.3 Å². The summed E-state index contributed by atoms with van der Waals surface area (Å²) in [5.41, 5.74) is 0. The number of anilines is 1. The molecule has 0 spiro atoms. The maximum absolute atomic E-state index is 12.6. The van der Waals surface area contributed by atoms with Crippen LogP contribution in [0.2, 0.25) is 0 Å². The summed E-state index contributed by atoms with van der Waals surface area (Å²) >= 11 is 2.93. The van der Waals surface area contributed by atoms with Gasteiger partial charge in [0.15, 0.2) is 5.13 Å². The fraction of sp³-hybridized carbons (Fsp3) is 0.533. The van der Waals surface area contributed by atoms with Crippen molar-refractivity contribution >= 4 is 49.2 Å². The zero-order chi connectivity index (χ0) is 16.6. The molecule has 0 aromatic carbocycles. The number of thiophene rings is 1. The van der Waals surface area contributed by atoms with E-state index in [2.05, 4.69) is 23.7 Å². The monoisotopic (exact) mass is 353 g/mol. The molecule has 0 radical (unpaired) electrons. The first kappa shape index (κ1) is 16.2. The van der Waals surface area contributed by atoms with Gasteiger partial charge in [-0.3, -0.25) is 4.79 Å². The van der Waals surface area contributed by atoms with Gasteiger partial charge in [-0.1, -0.05) is 11.3 Å². The molecule has 6 nitrogen and oxygen atoms in total. The number of carbonyl (C=O) groups is 2. The lowest BCUT2D eigenvalue weighted by Gasteiger charge is -2.20. The Morgan fingerprint density at radius 1 is 1.39 bits per heavy atom. The Bertz CT molecular complexity index is 704. The summed E-state index contributed by atoms with van der Waals surface area (Å²) < 4.78 is 0.992. The molecule has 124 valence electrons. The van der Waals surface area contributed by atoms with Gasteiger partial charge in [0.25, 0.3) is 5.91 Å². The van der Waals surface area contributed by atoms with Crippen molar-refractivity contribution in [1.82, 2.24) is 9.88 Å². The highest BCUT2D eigenvalue weighted by atomic mass is 32.1. The fourth-order valence-corrected chi connectivity index (χ4v) is 5.16. The molecule has 0 bridgehead atoms. The van der Waals surface area contributed by atoms with Gasteiger partial charge in [-0.05, 0) is 32.8 Å². The first-order valence-electron chi connectivity index (χ1n) is 7.74. The molecule has 1 amide bonds. The number of thiazole rings is 1. The summed E-state index contributed by atoms with van der Waals surface area (Å²) in [6, 6.07) is 1.16. The average Bonchev–Trinajstić information content (AvgIpc) is 3.21. The number of carbonyl (C=O) groups excluding carboxylic acids is 1. The second-order valence-corrected chi connectivity index (χ2v) is 7.48. The number of amides is 1. The minimum atomic E-state index is -0.920. The van der Waals surface area contributed by atoms with Gasteiger partial charge in [0.2, 0.25) is 0 Å². The van der Waals surface area contributed by atoms with Crippen molar-refractivity contribution < 1.29 is 14.7 Å². The van der Waals surface area contributed by atoms with E-state index in [1.807, 2.05) is 6.07 Å². The van der Waals surface area contributed by atoms with Crippen molar-refractivity contribution in [1.29, 1.82) is 0 Å². The van der Waals surface area contributed by atoms with Crippen LogP contribution in [-0.4, -0.2) is 52.5 Å². The van der Waals surface area contributed by atoms with Crippen LogP contribution in [0.1, 0.15) is 36.4 Å². The number of aromatic nitrogens is 1. The molecule has 1 aliphatic heterocycles. The predicted octanol–water partition coefficient (Wildman–Crippen LogP) is 2.89. The Kier molecular flexibility index (Phi) is 4.54. The van der Waals surface area contributed by atoms with Crippen LogP contribution in [0.15, 0.2) is 6.07 Å². The molecule has 3 heterocycles. The number of carboxylic acid groups (broad SMARTS) is 1. The van der Waals surface area contributed by atoms with Crippen LogP contribution < -0.4 is 4.90 Å². The van der Waals surface area contributed by atoms with Crippen LogP contribution in [-0.2, 0) is 4.79 Å². The molecule has 1 atom stereocenters. The van der Waals surface area contributed by atoms with Gasteiger partial charge in [0.05, 0.1) is 9.58 Å². The highest BCUT2D eigenvalue weighted by Crippen LogP contribution is 2.35. The molecule has 2 aromatic heterocycles. The van der Waals surface area contributed by atoms with Crippen LogP contribution in [0.3, 0.4) is 0 Å². The molecule has 1 unspecified atom stereocenters. The van der Waals surface area contributed by atoms with E-state index in [1.54, 1.807) is 11.3 Å². The highest BCUT2D eigenvalue weighted by molar-refractivity contribution is 7.29. The molecule has 1 fully saturated rings. The number of aliphatic carboxylic acids is 1. The molecule has 2 aromatic rings. The first-order valence-corrected chi connectivity index (χ1v) is 9.37. The Labute approximate surface area is 142 Å². The van der Waals surface area contributed by atoms with E-state index in [0.29, 0.717) is 17.8 Å². The Morgan fingerprint density at radius 2 is 2.13 bits per heavy atom. The van der Waals surface area contributed by atoms with Crippen LogP contribution >= 0.6 is 22.7 Å².